The molecule has 0 aliphatic heterocycles. The Labute approximate surface area is 123 Å². The van der Waals surface area contributed by atoms with Gasteiger partial charge in [0.2, 0.25) is 0 Å². The maximum absolute atomic E-state index is 3.80. The Morgan fingerprint density at radius 2 is 2.22 bits per heavy atom. The molecule has 0 saturated carbocycles. The maximum atomic E-state index is 3.80. The number of rotatable bonds is 4. The lowest BCUT2D eigenvalue weighted by Gasteiger charge is -2.33. The number of fused-ring (bicyclic) bond motifs is 1. The number of nitrogens with one attached hydrogen (secondary N) is 1. The highest BCUT2D eigenvalue weighted by Gasteiger charge is 2.27. The van der Waals surface area contributed by atoms with E-state index in [4.69, 9.17) is 0 Å². The van der Waals surface area contributed by atoms with Crippen molar-refractivity contribution in [3.63, 3.8) is 0 Å². The van der Waals surface area contributed by atoms with Crippen LogP contribution in [0.1, 0.15) is 57.0 Å². The lowest BCUT2D eigenvalue weighted by molar-refractivity contribution is 0.224. The first-order chi connectivity index (χ1) is 8.40. The average molecular weight is 330 g/mol. The summed E-state index contributed by atoms with van der Waals surface area (Å²) >= 11 is 5.53. The van der Waals surface area contributed by atoms with Crippen LogP contribution in [0.25, 0.3) is 0 Å². The summed E-state index contributed by atoms with van der Waals surface area (Å²) in [5, 5.41) is 3.80. The summed E-state index contributed by atoms with van der Waals surface area (Å²) in [6, 6.07) is 2.88. The largest absolute Gasteiger partial charge is 0.309 e. The summed E-state index contributed by atoms with van der Waals surface area (Å²) < 4.78 is 1.28. The van der Waals surface area contributed by atoms with Crippen LogP contribution in [0.15, 0.2) is 9.85 Å². The molecule has 1 aromatic heterocycles. The van der Waals surface area contributed by atoms with Gasteiger partial charge in [-0.1, -0.05) is 27.7 Å². The van der Waals surface area contributed by atoms with Crippen molar-refractivity contribution in [3.8, 4) is 0 Å². The van der Waals surface area contributed by atoms with Crippen LogP contribution in [0.5, 0.6) is 0 Å². The fourth-order valence-electron chi connectivity index (χ4n) is 2.32. The van der Waals surface area contributed by atoms with Crippen LogP contribution >= 0.6 is 27.3 Å². The third-order valence-corrected chi connectivity index (χ3v) is 6.16. The summed E-state index contributed by atoms with van der Waals surface area (Å²) in [6.07, 6.45) is 3.86. The monoisotopic (exact) mass is 329 g/mol. The molecular formula is C15H24BrNS. The highest BCUT2D eigenvalue weighted by molar-refractivity contribution is 9.11. The van der Waals surface area contributed by atoms with E-state index in [-0.39, 0.29) is 0 Å². The van der Waals surface area contributed by atoms with Crippen molar-refractivity contribution in [2.75, 3.05) is 6.54 Å². The van der Waals surface area contributed by atoms with Gasteiger partial charge in [0.25, 0.3) is 0 Å². The zero-order chi connectivity index (χ0) is 13.3. The van der Waals surface area contributed by atoms with Crippen LogP contribution in [0.2, 0.25) is 0 Å². The third-order valence-electron chi connectivity index (χ3n) is 4.45. The van der Waals surface area contributed by atoms with E-state index < -0.39 is 0 Å². The Hall–Kier alpha value is 0.140. The molecular weight excluding hydrogens is 306 g/mol. The first kappa shape index (κ1) is 14.5. The van der Waals surface area contributed by atoms with E-state index in [2.05, 4.69) is 55.0 Å². The molecule has 1 aromatic rings. The molecule has 1 heterocycles. The maximum Gasteiger partial charge on any atom is 0.0704 e. The Morgan fingerprint density at radius 3 is 2.89 bits per heavy atom. The average Bonchev–Trinajstić information content (AvgIpc) is 2.66. The van der Waals surface area contributed by atoms with Gasteiger partial charge in [-0.2, -0.15) is 0 Å². The molecule has 1 nitrogen and oxygen atoms in total. The van der Waals surface area contributed by atoms with Crippen LogP contribution in [0.4, 0.5) is 0 Å². The molecule has 3 heteroatoms. The number of thiophene rings is 1. The van der Waals surface area contributed by atoms with E-state index >= 15 is 0 Å². The highest BCUT2D eigenvalue weighted by atomic mass is 79.9. The van der Waals surface area contributed by atoms with Crippen LogP contribution in [0.3, 0.4) is 0 Å². The highest BCUT2D eigenvalue weighted by Crippen LogP contribution is 2.38. The molecule has 18 heavy (non-hydrogen) atoms. The predicted octanol–water partition coefficient (Wildman–Crippen LogP) is 5.16. The normalized spacial score (nSPS) is 20.2. The second-order valence-corrected chi connectivity index (χ2v) is 8.91. The van der Waals surface area contributed by atoms with Crippen molar-refractivity contribution in [1.82, 2.24) is 5.32 Å². The molecule has 1 unspecified atom stereocenters. The molecule has 0 fully saturated rings. The van der Waals surface area contributed by atoms with Gasteiger partial charge in [0.1, 0.15) is 0 Å². The zero-order valence-electron chi connectivity index (χ0n) is 11.8. The van der Waals surface area contributed by atoms with Gasteiger partial charge in [-0.05, 0) is 58.2 Å². The SMILES string of the molecule is CC(C)C(C)(C)CNC1CCCc2sc(Br)cc21. The van der Waals surface area contributed by atoms with Crippen LogP contribution in [-0.4, -0.2) is 6.54 Å². The molecule has 1 atom stereocenters. The van der Waals surface area contributed by atoms with Gasteiger partial charge in [-0.25, -0.2) is 0 Å². The predicted molar refractivity (Wildman–Crippen MR) is 84.3 cm³/mol. The minimum absolute atomic E-state index is 0.366. The lowest BCUT2D eigenvalue weighted by atomic mass is 9.80. The van der Waals surface area contributed by atoms with Crippen molar-refractivity contribution in [2.24, 2.45) is 11.3 Å². The molecule has 0 saturated heterocycles. The van der Waals surface area contributed by atoms with Crippen molar-refractivity contribution >= 4 is 27.3 Å². The Bertz CT molecular complexity index is 409. The molecule has 1 N–H and O–H groups in total. The van der Waals surface area contributed by atoms with Crippen LogP contribution in [0, 0.1) is 11.3 Å². The van der Waals surface area contributed by atoms with Crippen molar-refractivity contribution in [3.05, 3.63) is 20.3 Å². The Balaban J connectivity index is 2.03. The van der Waals surface area contributed by atoms with E-state index in [0.717, 1.165) is 6.54 Å². The minimum atomic E-state index is 0.366. The molecule has 0 amide bonds. The molecule has 1 aliphatic rings. The van der Waals surface area contributed by atoms with Gasteiger partial charge in [-0.15, -0.1) is 11.3 Å². The van der Waals surface area contributed by atoms with Gasteiger partial charge in [0.15, 0.2) is 0 Å². The molecule has 102 valence electrons. The summed E-state index contributed by atoms with van der Waals surface area (Å²) in [7, 11) is 0. The first-order valence-electron chi connectivity index (χ1n) is 6.91. The standard InChI is InChI=1S/C15H24BrNS/c1-10(2)15(3,4)9-17-12-6-5-7-13-11(12)8-14(16)18-13/h8,10,12,17H,5-7,9H2,1-4H3. The molecule has 1 aliphatic carbocycles. The van der Waals surface area contributed by atoms with Gasteiger partial charge in [0.05, 0.1) is 3.79 Å². The molecule has 2 rings (SSSR count). The van der Waals surface area contributed by atoms with Gasteiger partial charge in [-0.3, -0.25) is 0 Å². The van der Waals surface area contributed by atoms with E-state index in [1.165, 1.54) is 28.6 Å². The number of hydrogen-bond acceptors (Lipinski definition) is 2. The van der Waals surface area contributed by atoms with Crippen LogP contribution < -0.4 is 5.32 Å². The smallest absolute Gasteiger partial charge is 0.0704 e. The van der Waals surface area contributed by atoms with E-state index in [9.17, 15) is 0 Å². The second-order valence-electron chi connectivity index (χ2n) is 6.40. The zero-order valence-corrected chi connectivity index (χ0v) is 14.2. The number of aryl methyl sites for hydroxylation is 1. The summed E-state index contributed by atoms with van der Waals surface area (Å²) in [6.45, 7) is 10.4. The van der Waals surface area contributed by atoms with Gasteiger partial charge >= 0.3 is 0 Å². The fourth-order valence-corrected chi connectivity index (χ4v) is 4.14. The summed E-state index contributed by atoms with van der Waals surface area (Å²) in [4.78, 5) is 1.58. The van der Waals surface area contributed by atoms with E-state index in [1.54, 1.807) is 4.88 Å². The van der Waals surface area contributed by atoms with Gasteiger partial charge in [0, 0.05) is 17.5 Å². The van der Waals surface area contributed by atoms with Gasteiger partial charge < -0.3 is 5.32 Å². The van der Waals surface area contributed by atoms with Crippen molar-refractivity contribution in [2.45, 2.75) is 53.0 Å². The van der Waals surface area contributed by atoms with Crippen molar-refractivity contribution < 1.29 is 0 Å². The van der Waals surface area contributed by atoms with Crippen molar-refractivity contribution in [1.29, 1.82) is 0 Å². The summed E-state index contributed by atoms with van der Waals surface area (Å²) in [5.74, 6) is 0.710. The molecule has 0 radical (unpaired) electrons. The molecule has 0 bridgehead atoms. The van der Waals surface area contributed by atoms with Crippen LogP contribution in [-0.2, 0) is 6.42 Å². The molecule has 0 spiro atoms. The molecule has 0 aromatic carbocycles. The lowest BCUT2D eigenvalue weighted by Crippen LogP contribution is -2.36. The minimum Gasteiger partial charge on any atom is -0.309 e. The Morgan fingerprint density at radius 1 is 1.50 bits per heavy atom. The fraction of sp³-hybridized carbons (Fsp3) is 0.733. The van der Waals surface area contributed by atoms with E-state index in [1.807, 2.05) is 11.3 Å². The number of halogens is 1. The Kier molecular flexibility index (Phi) is 4.56. The third kappa shape index (κ3) is 3.17. The first-order valence-corrected chi connectivity index (χ1v) is 8.52. The second kappa shape index (κ2) is 5.64. The van der Waals surface area contributed by atoms with E-state index in [0.29, 0.717) is 17.4 Å². The number of hydrogen-bond donors (Lipinski definition) is 1. The topological polar surface area (TPSA) is 12.0 Å². The quantitative estimate of drug-likeness (QED) is 0.804. The summed E-state index contributed by atoms with van der Waals surface area (Å²) in [5.41, 5.74) is 1.91.